The van der Waals surface area contributed by atoms with E-state index in [1.54, 1.807) is 21.8 Å². The average Bonchev–Trinajstić information content (AvgIpc) is 2.92. The number of carbonyl (C=O) groups is 1. The molecule has 3 N–H and O–H groups in total. The lowest BCUT2D eigenvalue weighted by molar-refractivity contribution is 0.102. The van der Waals surface area contributed by atoms with E-state index in [0.29, 0.717) is 17.9 Å². The molecule has 0 aliphatic heterocycles. The Morgan fingerprint density at radius 2 is 2.11 bits per heavy atom. The quantitative estimate of drug-likeness (QED) is 0.861. The summed E-state index contributed by atoms with van der Waals surface area (Å²) >= 11 is 0. The van der Waals surface area contributed by atoms with Gasteiger partial charge in [0, 0.05) is 26.0 Å². The number of nitrogens with zero attached hydrogens (tertiary/aromatic N) is 4. The molecule has 1 amide bonds. The number of nitrogens with one attached hydrogen (secondary N) is 1. The lowest BCUT2D eigenvalue weighted by atomic mass is 10.3. The summed E-state index contributed by atoms with van der Waals surface area (Å²) in [4.78, 5) is 12.1. The summed E-state index contributed by atoms with van der Waals surface area (Å²) in [6.07, 6.45) is 4.16. The number of aryl methyl sites for hydroxylation is 3. The third-order valence-corrected chi connectivity index (χ3v) is 2.82. The minimum atomic E-state index is -0.313. The van der Waals surface area contributed by atoms with Crippen LogP contribution in [0.3, 0.4) is 0 Å². The van der Waals surface area contributed by atoms with Crippen LogP contribution in [0.15, 0.2) is 12.4 Å². The molecule has 2 rings (SSSR count). The summed E-state index contributed by atoms with van der Waals surface area (Å²) in [5, 5.41) is 11.2. The zero-order valence-electron chi connectivity index (χ0n) is 11.3. The van der Waals surface area contributed by atoms with Gasteiger partial charge in [0.05, 0.1) is 17.1 Å². The second-order valence-corrected chi connectivity index (χ2v) is 4.26. The van der Waals surface area contributed by atoms with E-state index in [-0.39, 0.29) is 11.6 Å². The summed E-state index contributed by atoms with van der Waals surface area (Å²) in [7, 11) is 1.81. The molecular formula is C12H18N6O. The van der Waals surface area contributed by atoms with E-state index in [1.807, 2.05) is 20.9 Å². The Balaban J connectivity index is 2.22. The number of amides is 1. The lowest BCUT2D eigenvalue weighted by Crippen LogP contribution is -2.15. The highest BCUT2D eigenvalue weighted by molar-refractivity contribution is 6.06. The molecule has 102 valence electrons. The predicted molar refractivity (Wildman–Crippen MR) is 72.9 cm³/mol. The van der Waals surface area contributed by atoms with Crippen molar-refractivity contribution in [2.45, 2.75) is 26.8 Å². The Kier molecular flexibility index (Phi) is 3.55. The molecule has 0 aliphatic rings. The van der Waals surface area contributed by atoms with Crippen molar-refractivity contribution in [1.29, 1.82) is 0 Å². The molecule has 0 bridgehead atoms. The van der Waals surface area contributed by atoms with Gasteiger partial charge in [-0.3, -0.25) is 14.2 Å². The van der Waals surface area contributed by atoms with Crippen molar-refractivity contribution in [3.8, 4) is 0 Å². The van der Waals surface area contributed by atoms with E-state index in [0.717, 1.165) is 12.1 Å². The summed E-state index contributed by atoms with van der Waals surface area (Å²) in [5.41, 5.74) is 7.93. The van der Waals surface area contributed by atoms with Crippen molar-refractivity contribution < 1.29 is 4.79 Å². The zero-order valence-corrected chi connectivity index (χ0v) is 11.3. The Hall–Kier alpha value is -2.31. The number of hydrogen-bond acceptors (Lipinski definition) is 4. The number of aromatic nitrogens is 4. The highest BCUT2D eigenvalue weighted by atomic mass is 16.2. The number of nitrogens with two attached hydrogens (primary N) is 1. The van der Waals surface area contributed by atoms with Gasteiger partial charge in [0.1, 0.15) is 0 Å². The van der Waals surface area contributed by atoms with Crippen LogP contribution in [0, 0.1) is 0 Å². The van der Waals surface area contributed by atoms with Crippen molar-refractivity contribution in [2.24, 2.45) is 7.05 Å². The molecule has 2 aromatic heterocycles. The van der Waals surface area contributed by atoms with Gasteiger partial charge in [-0.25, -0.2) is 0 Å². The molecule has 0 radical (unpaired) electrons. The maximum Gasteiger partial charge on any atom is 0.278 e. The van der Waals surface area contributed by atoms with Crippen molar-refractivity contribution in [2.75, 3.05) is 11.1 Å². The van der Waals surface area contributed by atoms with Gasteiger partial charge in [0.2, 0.25) is 0 Å². The largest absolute Gasteiger partial charge is 0.396 e. The SMILES string of the molecule is CCc1nn(C)cc1NC(=O)c1nn(CC)cc1N. The second-order valence-electron chi connectivity index (χ2n) is 4.26. The summed E-state index contributed by atoms with van der Waals surface area (Å²) in [6, 6.07) is 0. The monoisotopic (exact) mass is 262 g/mol. The Bertz CT molecular complexity index is 597. The first-order valence-corrected chi connectivity index (χ1v) is 6.21. The molecular weight excluding hydrogens is 244 g/mol. The minimum Gasteiger partial charge on any atom is -0.396 e. The van der Waals surface area contributed by atoms with Crippen LogP contribution < -0.4 is 11.1 Å². The highest BCUT2D eigenvalue weighted by Crippen LogP contribution is 2.16. The fourth-order valence-corrected chi connectivity index (χ4v) is 1.86. The smallest absolute Gasteiger partial charge is 0.278 e. The van der Waals surface area contributed by atoms with Crippen molar-refractivity contribution in [3.05, 3.63) is 23.8 Å². The Morgan fingerprint density at radius 3 is 2.68 bits per heavy atom. The van der Waals surface area contributed by atoms with Crippen LogP contribution in [0.4, 0.5) is 11.4 Å². The fraction of sp³-hybridized carbons (Fsp3) is 0.417. The molecule has 0 spiro atoms. The third-order valence-electron chi connectivity index (χ3n) is 2.82. The van der Waals surface area contributed by atoms with E-state index in [9.17, 15) is 4.79 Å². The van der Waals surface area contributed by atoms with E-state index >= 15 is 0 Å². The van der Waals surface area contributed by atoms with Crippen LogP contribution in [-0.2, 0) is 20.0 Å². The molecule has 7 nitrogen and oxygen atoms in total. The first-order valence-electron chi connectivity index (χ1n) is 6.21. The van der Waals surface area contributed by atoms with Crippen LogP contribution in [0.1, 0.15) is 30.0 Å². The molecule has 0 saturated carbocycles. The zero-order chi connectivity index (χ0) is 14.0. The fourth-order valence-electron chi connectivity index (χ4n) is 1.86. The molecule has 0 aromatic carbocycles. The molecule has 0 saturated heterocycles. The Labute approximate surface area is 111 Å². The normalized spacial score (nSPS) is 10.7. The molecule has 7 heteroatoms. The van der Waals surface area contributed by atoms with Crippen molar-refractivity contribution >= 4 is 17.3 Å². The van der Waals surface area contributed by atoms with Crippen molar-refractivity contribution in [1.82, 2.24) is 19.6 Å². The van der Waals surface area contributed by atoms with Crippen molar-refractivity contribution in [3.63, 3.8) is 0 Å². The topological polar surface area (TPSA) is 90.8 Å². The van der Waals surface area contributed by atoms with Gasteiger partial charge >= 0.3 is 0 Å². The van der Waals surface area contributed by atoms with Gasteiger partial charge in [-0.05, 0) is 13.3 Å². The van der Waals surface area contributed by atoms with Crippen LogP contribution in [0.25, 0.3) is 0 Å². The summed E-state index contributed by atoms with van der Waals surface area (Å²) in [5.74, 6) is -0.313. The summed E-state index contributed by atoms with van der Waals surface area (Å²) in [6.45, 7) is 4.59. The highest BCUT2D eigenvalue weighted by Gasteiger charge is 2.17. The lowest BCUT2D eigenvalue weighted by Gasteiger charge is -2.02. The van der Waals surface area contributed by atoms with Crippen LogP contribution >= 0.6 is 0 Å². The van der Waals surface area contributed by atoms with Gasteiger partial charge in [0.25, 0.3) is 5.91 Å². The minimum absolute atomic E-state index is 0.243. The number of hydrogen-bond donors (Lipinski definition) is 2. The first kappa shape index (κ1) is 13.1. The number of carbonyl (C=O) groups excluding carboxylic acids is 1. The van der Waals surface area contributed by atoms with Crippen LogP contribution in [0.2, 0.25) is 0 Å². The van der Waals surface area contributed by atoms with E-state index in [1.165, 1.54) is 0 Å². The van der Waals surface area contributed by atoms with Gasteiger partial charge in [-0.1, -0.05) is 6.92 Å². The first-order chi connectivity index (χ1) is 9.05. The molecule has 19 heavy (non-hydrogen) atoms. The molecule has 0 aliphatic carbocycles. The number of rotatable bonds is 4. The molecule has 2 aromatic rings. The molecule has 2 heterocycles. The van der Waals surface area contributed by atoms with E-state index in [4.69, 9.17) is 5.73 Å². The number of anilines is 2. The molecule has 0 atom stereocenters. The van der Waals surface area contributed by atoms with E-state index < -0.39 is 0 Å². The maximum absolute atomic E-state index is 12.1. The average molecular weight is 262 g/mol. The van der Waals surface area contributed by atoms with Gasteiger partial charge in [-0.2, -0.15) is 10.2 Å². The Morgan fingerprint density at radius 1 is 1.37 bits per heavy atom. The predicted octanol–water partition coefficient (Wildman–Crippen LogP) is 1.03. The van der Waals surface area contributed by atoms with Crippen LogP contribution in [0.5, 0.6) is 0 Å². The standard InChI is InChI=1S/C12H18N6O/c1-4-9-10(7-17(3)15-9)14-12(19)11-8(13)6-18(5-2)16-11/h6-7H,4-5,13H2,1-3H3,(H,14,19). The molecule has 0 unspecified atom stereocenters. The second kappa shape index (κ2) is 5.13. The van der Waals surface area contributed by atoms with Crippen LogP contribution in [-0.4, -0.2) is 25.5 Å². The van der Waals surface area contributed by atoms with E-state index in [2.05, 4.69) is 15.5 Å². The summed E-state index contributed by atoms with van der Waals surface area (Å²) < 4.78 is 3.30. The molecule has 0 fully saturated rings. The van der Waals surface area contributed by atoms with Gasteiger partial charge in [0.15, 0.2) is 5.69 Å². The number of nitrogen functional groups attached to an aromatic ring is 1. The maximum atomic E-state index is 12.1. The van der Waals surface area contributed by atoms with Gasteiger partial charge < -0.3 is 11.1 Å². The van der Waals surface area contributed by atoms with Gasteiger partial charge in [-0.15, -0.1) is 0 Å². The third kappa shape index (κ3) is 2.59.